The van der Waals surface area contributed by atoms with Crippen LogP contribution in [0.15, 0.2) is 60.7 Å². The SMILES string of the molecule is CC(C)c1cc(C(C)C)c(-c2cccc(-c3c(C(C)C)cc(C(C)C)cc3C(C)C)c2P(c2cc(C(F)F)cc(C(F)F)c2)C(C)(C)C)c(C(C)C)c1. The van der Waals surface area contributed by atoms with Crippen molar-refractivity contribution in [1.29, 1.82) is 0 Å². The lowest BCUT2D eigenvalue weighted by atomic mass is 9.79. The Balaban J connectivity index is 2.40. The van der Waals surface area contributed by atoms with Gasteiger partial charge in [-0.1, -0.05) is 146 Å². The minimum atomic E-state index is -2.87. The van der Waals surface area contributed by atoms with E-state index in [1.165, 1.54) is 56.6 Å². The first-order valence-electron chi connectivity index (χ1n) is 19.6. The highest BCUT2D eigenvalue weighted by Gasteiger charge is 2.36. The lowest BCUT2D eigenvalue weighted by Gasteiger charge is -2.37. The molecule has 53 heavy (non-hydrogen) atoms. The summed E-state index contributed by atoms with van der Waals surface area (Å²) in [6.45, 7) is 33.2. The highest BCUT2D eigenvalue weighted by atomic mass is 31.1. The van der Waals surface area contributed by atoms with Crippen LogP contribution in [0.1, 0.15) is 197 Å². The van der Waals surface area contributed by atoms with Crippen molar-refractivity contribution in [3.8, 4) is 22.3 Å². The van der Waals surface area contributed by atoms with E-state index in [9.17, 15) is 17.6 Å². The van der Waals surface area contributed by atoms with Gasteiger partial charge in [-0.3, -0.25) is 0 Å². The molecule has 0 saturated heterocycles. The monoisotopic (exact) mass is 746 g/mol. The Kier molecular flexibility index (Phi) is 13.6. The number of halogens is 4. The molecule has 0 fully saturated rings. The van der Waals surface area contributed by atoms with Gasteiger partial charge in [-0.15, -0.1) is 0 Å². The number of alkyl halides is 4. The van der Waals surface area contributed by atoms with Gasteiger partial charge < -0.3 is 0 Å². The van der Waals surface area contributed by atoms with E-state index in [4.69, 9.17) is 0 Å². The topological polar surface area (TPSA) is 0 Å². The number of hydrogen-bond donors (Lipinski definition) is 0. The molecule has 0 spiro atoms. The van der Waals surface area contributed by atoms with Crippen molar-refractivity contribution in [2.24, 2.45) is 0 Å². The molecule has 0 aliphatic heterocycles. The van der Waals surface area contributed by atoms with Crippen LogP contribution >= 0.6 is 7.92 Å². The van der Waals surface area contributed by atoms with Crippen molar-refractivity contribution in [2.75, 3.05) is 0 Å². The maximum Gasteiger partial charge on any atom is 0.263 e. The van der Waals surface area contributed by atoms with Crippen molar-refractivity contribution >= 4 is 18.5 Å². The smallest absolute Gasteiger partial charge is 0.205 e. The zero-order chi connectivity index (χ0) is 39.9. The normalized spacial score (nSPS) is 13.3. The fourth-order valence-electron chi connectivity index (χ4n) is 7.61. The number of hydrogen-bond acceptors (Lipinski definition) is 0. The summed E-state index contributed by atoms with van der Waals surface area (Å²) in [6.07, 6.45) is -5.74. The molecule has 4 aromatic carbocycles. The lowest BCUT2D eigenvalue weighted by Crippen LogP contribution is -2.30. The highest BCUT2D eigenvalue weighted by molar-refractivity contribution is 7.74. The van der Waals surface area contributed by atoms with E-state index in [0.29, 0.717) is 17.1 Å². The second kappa shape index (κ2) is 16.8. The van der Waals surface area contributed by atoms with Crippen LogP contribution < -0.4 is 10.6 Å². The van der Waals surface area contributed by atoms with E-state index in [-0.39, 0.29) is 34.8 Å². The largest absolute Gasteiger partial charge is 0.263 e. The van der Waals surface area contributed by atoms with Crippen molar-refractivity contribution < 1.29 is 17.6 Å². The second-order valence-corrected chi connectivity index (χ2v) is 20.7. The van der Waals surface area contributed by atoms with Gasteiger partial charge in [0.25, 0.3) is 12.9 Å². The Morgan fingerprint density at radius 1 is 0.434 bits per heavy atom. The quantitative estimate of drug-likeness (QED) is 0.100. The lowest BCUT2D eigenvalue weighted by molar-refractivity contribution is 0.144. The first-order valence-corrected chi connectivity index (χ1v) is 20.9. The van der Waals surface area contributed by atoms with E-state index in [1.807, 2.05) is 0 Å². The third-order valence-electron chi connectivity index (χ3n) is 10.5. The van der Waals surface area contributed by atoms with Gasteiger partial charge in [0.05, 0.1) is 0 Å². The van der Waals surface area contributed by atoms with Crippen LogP contribution in [-0.2, 0) is 0 Å². The van der Waals surface area contributed by atoms with Crippen LogP contribution in [0.25, 0.3) is 22.3 Å². The van der Waals surface area contributed by atoms with E-state index < -0.39 is 25.9 Å². The molecule has 0 radical (unpaired) electrons. The van der Waals surface area contributed by atoms with Crippen LogP contribution in [-0.4, -0.2) is 5.16 Å². The average molecular weight is 747 g/mol. The van der Waals surface area contributed by atoms with Gasteiger partial charge in [0, 0.05) is 11.1 Å². The molecule has 0 aliphatic carbocycles. The maximum atomic E-state index is 14.6. The molecule has 1 unspecified atom stereocenters. The number of rotatable bonds is 12. The molecule has 0 saturated carbocycles. The van der Waals surface area contributed by atoms with Crippen molar-refractivity contribution in [1.82, 2.24) is 0 Å². The van der Waals surface area contributed by atoms with Crippen molar-refractivity contribution in [3.63, 3.8) is 0 Å². The molecule has 0 nitrogen and oxygen atoms in total. The molecule has 0 amide bonds. The molecule has 1 atom stereocenters. The summed E-state index contributed by atoms with van der Waals surface area (Å²) >= 11 is 0. The maximum absolute atomic E-state index is 14.6. The number of benzene rings is 4. The van der Waals surface area contributed by atoms with Crippen LogP contribution in [0.5, 0.6) is 0 Å². The second-order valence-electron chi connectivity index (χ2n) is 17.7. The molecular weight excluding hydrogens is 683 g/mol. The van der Waals surface area contributed by atoms with Gasteiger partial charge in [0.1, 0.15) is 0 Å². The fraction of sp³-hybridized carbons (Fsp3) is 0.500. The molecule has 0 bridgehead atoms. The van der Waals surface area contributed by atoms with Crippen molar-refractivity contribution in [2.45, 2.75) is 157 Å². The first kappa shape index (κ1) is 42.8. The zero-order valence-corrected chi connectivity index (χ0v) is 35.7. The molecule has 4 aromatic rings. The van der Waals surface area contributed by atoms with Gasteiger partial charge in [-0.05, 0) is 133 Å². The van der Waals surface area contributed by atoms with Gasteiger partial charge in [0.2, 0.25) is 0 Å². The van der Waals surface area contributed by atoms with Crippen molar-refractivity contribution in [3.05, 3.63) is 105 Å². The summed E-state index contributed by atoms with van der Waals surface area (Å²) in [4.78, 5) is 0. The molecule has 0 heterocycles. The van der Waals surface area contributed by atoms with Gasteiger partial charge in [-0.25, -0.2) is 17.6 Å². The molecule has 4 rings (SSSR count). The summed E-state index contributed by atoms with van der Waals surface area (Å²) in [5.74, 6) is 1.48. The Morgan fingerprint density at radius 3 is 1.00 bits per heavy atom. The Labute approximate surface area is 320 Å². The minimum Gasteiger partial charge on any atom is -0.205 e. The Hall–Kier alpha value is -2.97. The van der Waals surface area contributed by atoms with E-state index in [1.54, 1.807) is 0 Å². The minimum absolute atomic E-state index is 0.203. The molecule has 0 aromatic heterocycles. The Bertz CT molecular complexity index is 1710. The average Bonchev–Trinajstić information content (AvgIpc) is 3.06. The van der Waals surface area contributed by atoms with Gasteiger partial charge in [0.15, 0.2) is 0 Å². The van der Waals surface area contributed by atoms with Gasteiger partial charge >= 0.3 is 0 Å². The third kappa shape index (κ3) is 9.12. The zero-order valence-electron chi connectivity index (χ0n) is 34.9. The predicted octanol–water partition coefficient (Wildman–Crippen LogP) is 15.9. The van der Waals surface area contributed by atoms with E-state index in [2.05, 4.69) is 146 Å². The summed E-state index contributed by atoms with van der Waals surface area (Å²) in [5.41, 5.74) is 11.4. The molecule has 288 valence electrons. The van der Waals surface area contributed by atoms with E-state index in [0.717, 1.165) is 22.5 Å². The predicted molar refractivity (Wildman–Crippen MR) is 224 cm³/mol. The summed E-state index contributed by atoms with van der Waals surface area (Å²) in [6, 6.07) is 20.0. The molecule has 0 N–H and O–H groups in total. The van der Waals surface area contributed by atoms with Crippen LogP contribution in [0.4, 0.5) is 17.6 Å². The highest BCUT2D eigenvalue weighted by Crippen LogP contribution is 2.55. The Morgan fingerprint density at radius 2 is 0.755 bits per heavy atom. The molecular formula is C48H63F4P. The summed E-state index contributed by atoms with van der Waals surface area (Å²) < 4.78 is 58.3. The van der Waals surface area contributed by atoms with Crippen LogP contribution in [0.3, 0.4) is 0 Å². The standard InChI is InChI=1S/C48H63F4P/c1-26(2)32-22-39(28(5)6)43(40(23-32)29(7)8)37-17-16-18-38(44-41(30(9)10)24-33(27(3)4)25-42(44)31(11)12)45(37)53(48(13,14)15)36-20-34(46(49)50)19-35(21-36)47(51)52/h16-31,46-47H,1-15H3. The molecule has 0 aliphatic rings. The fourth-order valence-corrected chi connectivity index (χ4v) is 10.7. The first-order chi connectivity index (χ1) is 24.6. The van der Waals surface area contributed by atoms with Crippen LogP contribution in [0.2, 0.25) is 0 Å². The summed E-state index contributed by atoms with van der Waals surface area (Å²) in [5, 5.41) is 1.15. The van der Waals surface area contributed by atoms with E-state index >= 15 is 0 Å². The van der Waals surface area contributed by atoms with Gasteiger partial charge in [-0.2, -0.15) is 0 Å². The van der Waals surface area contributed by atoms with Crippen LogP contribution in [0, 0.1) is 0 Å². The third-order valence-corrected chi connectivity index (χ3v) is 13.5. The molecule has 5 heteroatoms. The summed E-state index contributed by atoms with van der Waals surface area (Å²) in [7, 11) is -1.50.